The summed E-state index contributed by atoms with van der Waals surface area (Å²) < 4.78 is 3.18. The van der Waals surface area contributed by atoms with Gasteiger partial charge < -0.3 is 10.2 Å². The Balaban J connectivity index is 1.45. The molecular formula is C24H35N5O3. The molecule has 0 saturated carbocycles. The van der Waals surface area contributed by atoms with E-state index in [0.29, 0.717) is 12.3 Å². The molecule has 1 aromatic heterocycles. The molecule has 4 rings (SSSR count). The minimum Gasteiger partial charge on any atom is -0.320 e. The summed E-state index contributed by atoms with van der Waals surface area (Å²) in [5.41, 5.74) is 2.67. The maximum atomic E-state index is 13.0. The first-order chi connectivity index (χ1) is 15.5. The molecule has 1 aromatic carbocycles. The van der Waals surface area contributed by atoms with Gasteiger partial charge in [-0.25, -0.2) is 4.79 Å². The number of benzene rings is 1. The highest BCUT2D eigenvalue weighted by atomic mass is 16.2. The topological polar surface area (TPSA) is 88.4 Å². The maximum absolute atomic E-state index is 13.0. The van der Waals surface area contributed by atoms with E-state index in [0.717, 1.165) is 43.5 Å². The van der Waals surface area contributed by atoms with Crippen molar-refractivity contribution in [2.24, 2.45) is 7.05 Å². The lowest BCUT2D eigenvalue weighted by Gasteiger charge is -2.32. The van der Waals surface area contributed by atoms with Gasteiger partial charge in [0.1, 0.15) is 6.04 Å². The van der Waals surface area contributed by atoms with Crippen LogP contribution in [-0.4, -0.2) is 59.1 Å². The summed E-state index contributed by atoms with van der Waals surface area (Å²) in [4.78, 5) is 39.4. The predicted molar refractivity (Wildman–Crippen MR) is 125 cm³/mol. The summed E-state index contributed by atoms with van der Waals surface area (Å²) in [5, 5.41) is 5.57. The molecule has 0 aliphatic carbocycles. The van der Waals surface area contributed by atoms with Crippen LogP contribution in [0.15, 0.2) is 23.0 Å². The summed E-state index contributed by atoms with van der Waals surface area (Å²) in [6.45, 7) is 4.51. The van der Waals surface area contributed by atoms with E-state index in [-0.39, 0.29) is 18.0 Å². The number of piperidine rings is 2. The minimum atomic E-state index is -0.633. The van der Waals surface area contributed by atoms with Crippen molar-refractivity contribution in [1.29, 1.82) is 0 Å². The van der Waals surface area contributed by atoms with E-state index in [2.05, 4.69) is 27.7 Å². The van der Waals surface area contributed by atoms with Gasteiger partial charge in [0.2, 0.25) is 11.8 Å². The van der Waals surface area contributed by atoms with Crippen molar-refractivity contribution in [3.05, 3.63) is 34.2 Å². The fraction of sp³-hybridized carbons (Fsp3) is 0.625. The van der Waals surface area contributed by atoms with Crippen molar-refractivity contribution < 1.29 is 9.59 Å². The fourth-order valence-electron chi connectivity index (χ4n) is 5.17. The summed E-state index contributed by atoms with van der Waals surface area (Å²) >= 11 is 0. The fourth-order valence-corrected chi connectivity index (χ4v) is 5.17. The summed E-state index contributed by atoms with van der Waals surface area (Å²) in [6, 6.07) is 5.58. The number of hydrogen-bond acceptors (Lipinski definition) is 5. The Hall–Kier alpha value is -2.45. The smallest absolute Gasteiger partial charge is 0.320 e. The monoisotopic (exact) mass is 441 g/mol. The number of nitrogens with zero attached hydrogens (tertiary/aromatic N) is 3. The van der Waals surface area contributed by atoms with Gasteiger partial charge in [0.25, 0.3) is 0 Å². The largest absolute Gasteiger partial charge is 0.329 e. The van der Waals surface area contributed by atoms with Crippen LogP contribution < -0.4 is 16.3 Å². The molecule has 1 unspecified atom stereocenters. The number of hydrogen-bond donors (Lipinski definition) is 2. The Bertz CT molecular complexity index is 1030. The Labute approximate surface area is 188 Å². The van der Waals surface area contributed by atoms with Crippen LogP contribution in [0.3, 0.4) is 0 Å². The lowest BCUT2D eigenvalue weighted by atomic mass is 9.89. The predicted octanol–water partition coefficient (Wildman–Crippen LogP) is 1.89. The average Bonchev–Trinajstić information content (AvgIpc) is 3.04. The number of nitrogens with one attached hydrogen (secondary N) is 2. The number of carbonyl (C=O) groups excluding carboxylic acids is 2. The molecule has 0 radical (unpaired) electrons. The highest BCUT2D eigenvalue weighted by Crippen LogP contribution is 2.31. The minimum absolute atomic E-state index is 0.209. The van der Waals surface area contributed by atoms with Crippen molar-refractivity contribution >= 4 is 22.8 Å². The van der Waals surface area contributed by atoms with E-state index in [1.54, 1.807) is 16.2 Å². The lowest BCUT2D eigenvalue weighted by Crippen LogP contribution is -2.44. The van der Waals surface area contributed by atoms with Crippen LogP contribution in [0.25, 0.3) is 11.0 Å². The van der Waals surface area contributed by atoms with E-state index in [1.807, 2.05) is 13.1 Å². The molecule has 0 bridgehead atoms. The van der Waals surface area contributed by atoms with Crippen molar-refractivity contribution in [3.63, 3.8) is 0 Å². The average molecular weight is 442 g/mol. The summed E-state index contributed by atoms with van der Waals surface area (Å²) in [7, 11) is 3.76. The third kappa shape index (κ3) is 4.66. The van der Waals surface area contributed by atoms with E-state index in [4.69, 9.17) is 0 Å². The number of rotatable bonds is 8. The van der Waals surface area contributed by atoms with Gasteiger partial charge in [0.15, 0.2) is 0 Å². The van der Waals surface area contributed by atoms with E-state index in [1.165, 1.54) is 31.4 Å². The Morgan fingerprint density at radius 3 is 2.53 bits per heavy atom. The van der Waals surface area contributed by atoms with E-state index in [9.17, 15) is 14.4 Å². The van der Waals surface area contributed by atoms with Crippen LogP contribution in [-0.2, 0) is 16.6 Å². The molecule has 174 valence electrons. The number of imidazole rings is 1. The molecule has 2 aliphatic rings. The zero-order chi connectivity index (χ0) is 22.7. The molecule has 3 heterocycles. The molecule has 1 atom stereocenters. The van der Waals surface area contributed by atoms with Gasteiger partial charge in [-0.1, -0.05) is 12.5 Å². The quantitative estimate of drug-likeness (QED) is 0.482. The first-order valence-electron chi connectivity index (χ1n) is 11.9. The molecule has 8 nitrogen and oxygen atoms in total. The number of aromatic nitrogens is 2. The molecule has 32 heavy (non-hydrogen) atoms. The highest BCUT2D eigenvalue weighted by Gasteiger charge is 2.31. The third-order valence-corrected chi connectivity index (χ3v) is 7.10. The van der Waals surface area contributed by atoms with Gasteiger partial charge in [0.05, 0.1) is 11.0 Å². The van der Waals surface area contributed by atoms with Gasteiger partial charge in [-0.05, 0) is 88.9 Å². The van der Waals surface area contributed by atoms with Crippen molar-refractivity contribution in [2.45, 2.75) is 56.9 Å². The molecule has 2 N–H and O–H groups in total. The van der Waals surface area contributed by atoms with Gasteiger partial charge in [0, 0.05) is 13.5 Å². The normalized spacial score (nSPS) is 20.8. The zero-order valence-electron chi connectivity index (χ0n) is 19.2. The molecule has 2 aliphatic heterocycles. The summed E-state index contributed by atoms with van der Waals surface area (Å²) in [6.07, 6.45) is 6.64. The van der Waals surface area contributed by atoms with Crippen LogP contribution in [0.5, 0.6) is 0 Å². The number of likely N-dealkylation sites (tertiary alicyclic amines) is 1. The molecule has 0 spiro atoms. The lowest BCUT2D eigenvalue weighted by molar-refractivity contribution is -0.135. The number of amides is 2. The molecule has 2 saturated heterocycles. The van der Waals surface area contributed by atoms with Crippen LogP contribution >= 0.6 is 0 Å². The van der Waals surface area contributed by atoms with Gasteiger partial charge >= 0.3 is 5.69 Å². The van der Waals surface area contributed by atoms with Crippen molar-refractivity contribution in [3.8, 4) is 0 Å². The Kier molecular flexibility index (Phi) is 7.10. The molecule has 2 amide bonds. The molecule has 2 aromatic rings. The zero-order valence-corrected chi connectivity index (χ0v) is 19.2. The number of unbranched alkanes of at least 4 members (excludes halogenated alkanes) is 2. The second kappa shape index (κ2) is 10.0. The van der Waals surface area contributed by atoms with Gasteiger partial charge in [-0.3, -0.25) is 24.0 Å². The first-order valence-corrected chi connectivity index (χ1v) is 11.9. The first kappa shape index (κ1) is 22.7. The van der Waals surface area contributed by atoms with Gasteiger partial charge in [-0.2, -0.15) is 0 Å². The van der Waals surface area contributed by atoms with Crippen molar-refractivity contribution in [1.82, 2.24) is 24.7 Å². The number of imide groups is 1. The van der Waals surface area contributed by atoms with Crippen LogP contribution in [0.4, 0.5) is 0 Å². The van der Waals surface area contributed by atoms with Crippen LogP contribution in [0.2, 0.25) is 0 Å². The van der Waals surface area contributed by atoms with Crippen LogP contribution in [0.1, 0.15) is 62.5 Å². The number of aryl methyl sites for hydroxylation is 1. The molecule has 2 fully saturated rings. The Morgan fingerprint density at radius 2 is 1.81 bits per heavy atom. The number of fused-ring (bicyclic) bond motifs is 1. The third-order valence-electron chi connectivity index (χ3n) is 7.10. The number of carbonyl (C=O) groups is 2. The highest BCUT2D eigenvalue weighted by molar-refractivity contribution is 6.00. The maximum Gasteiger partial charge on any atom is 0.329 e. The SMILES string of the molecule is CNCCCCCN1CCC(c2ccc3c(c2)n(C)c(=O)n3C2CCC(=O)NC2=O)CC1. The second-order valence-electron chi connectivity index (χ2n) is 9.21. The molecular weight excluding hydrogens is 406 g/mol. The second-order valence-corrected chi connectivity index (χ2v) is 9.21. The van der Waals surface area contributed by atoms with E-state index < -0.39 is 11.9 Å². The van der Waals surface area contributed by atoms with Gasteiger partial charge in [-0.15, -0.1) is 0 Å². The van der Waals surface area contributed by atoms with Crippen LogP contribution in [0, 0.1) is 0 Å². The summed E-state index contributed by atoms with van der Waals surface area (Å²) in [5.74, 6) is -0.168. The standard InChI is InChI=1S/C24H35N5O3/c1-25-12-4-3-5-13-28-14-10-17(11-15-28)18-6-7-19-21(16-18)27(2)24(32)29(19)20-8-9-22(30)26-23(20)31/h6-7,16-17,20,25H,3-5,8-15H2,1-2H3,(H,26,30,31). The van der Waals surface area contributed by atoms with E-state index >= 15 is 0 Å². The Morgan fingerprint density at radius 1 is 1.03 bits per heavy atom. The molecule has 8 heteroatoms. The van der Waals surface area contributed by atoms with Crippen molar-refractivity contribution in [2.75, 3.05) is 33.2 Å².